The van der Waals surface area contributed by atoms with Gasteiger partial charge < -0.3 is 10.1 Å². The topological polar surface area (TPSA) is 38.3 Å². The maximum atomic E-state index is 10.9. The van der Waals surface area contributed by atoms with Gasteiger partial charge in [-0.05, 0) is 13.0 Å². The Morgan fingerprint density at radius 1 is 1.35 bits per heavy atom. The average molecular weight is 235 g/mol. The molecule has 0 aliphatic carbocycles. The van der Waals surface area contributed by atoms with E-state index in [9.17, 15) is 4.79 Å². The number of ether oxygens (including phenoxy) is 1. The minimum Gasteiger partial charge on any atom is -0.496 e. The summed E-state index contributed by atoms with van der Waals surface area (Å²) in [6.07, 6.45) is 0. The highest BCUT2D eigenvalue weighted by atomic mass is 16.5. The molecule has 1 aromatic carbocycles. The number of hydrogen-bond donors (Lipinski definition) is 1. The van der Waals surface area contributed by atoms with Gasteiger partial charge >= 0.3 is 0 Å². The molecule has 1 aromatic rings. The summed E-state index contributed by atoms with van der Waals surface area (Å²) in [6, 6.07) is 7.99. The Morgan fingerprint density at radius 3 is 2.59 bits per heavy atom. The number of nitrogens with one attached hydrogen (secondary N) is 1. The fourth-order valence-corrected chi connectivity index (χ4v) is 1.85. The number of para-hydroxylation sites is 1. The van der Waals surface area contributed by atoms with Crippen LogP contribution in [0.1, 0.15) is 26.3 Å². The molecule has 0 saturated carbocycles. The van der Waals surface area contributed by atoms with Gasteiger partial charge in [-0.25, -0.2) is 0 Å². The Bertz CT molecular complexity index is 386. The van der Waals surface area contributed by atoms with Gasteiger partial charge in [0.1, 0.15) is 11.5 Å². The van der Waals surface area contributed by atoms with Crippen molar-refractivity contribution in [2.45, 2.75) is 26.2 Å². The average Bonchev–Trinajstić information content (AvgIpc) is 2.28. The van der Waals surface area contributed by atoms with Gasteiger partial charge in [0.15, 0.2) is 0 Å². The fourth-order valence-electron chi connectivity index (χ4n) is 1.85. The van der Waals surface area contributed by atoms with E-state index in [4.69, 9.17) is 4.74 Å². The molecule has 3 nitrogen and oxygen atoms in total. The van der Waals surface area contributed by atoms with Crippen LogP contribution in [0.3, 0.4) is 0 Å². The van der Waals surface area contributed by atoms with Crippen LogP contribution in [-0.4, -0.2) is 26.0 Å². The third-order valence-electron chi connectivity index (χ3n) is 2.78. The second kappa shape index (κ2) is 5.82. The van der Waals surface area contributed by atoms with Crippen LogP contribution >= 0.6 is 0 Å². The highest BCUT2D eigenvalue weighted by Gasteiger charge is 2.23. The first-order chi connectivity index (χ1) is 7.97. The molecule has 0 saturated heterocycles. The molecule has 0 aromatic heterocycles. The zero-order chi connectivity index (χ0) is 12.9. The second-order valence-corrected chi connectivity index (χ2v) is 4.89. The van der Waals surface area contributed by atoms with E-state index in [1.807, 2.05) is 18.2 Å². The number of benzene rings is 1. The molecular formula is C14H21NO2. The number of ketones is 1. The van der Waals surface area contributed by atoms with Crippen molar-refractivity contribution in [2.75, 3.05) is 20.2 Å². The van der Waals surface area contributed by atoms with Gasteiger partial charge in [-0.15, -0.1) is 0 Å². The van der Waals surface area contributed by atoms with Crippen LogP contribution in [0.15, 0.2) is 24.3 Å². The lowest BCUT2D eigenvalue weighted by Gasteiger charge is -2.27. The Morgan fingerprint density at radius 2 is 2.00 bits per heavy atom. The van der Waals surface area contributed by atoms with Crippen LogP contribution in [0.25, 0.3) is 0 Å². The lowest BCUT2D eigenvalue weighted by molar-refractivity contribution is -0.116. The quantitative estimate of drug-likeness (QED) is 0.821. The Kier molecular flexibility index (Phi) is 4.70. The Labute approximate surface area is 103 Å². The highest BCUT2D eigenvalue weighted by Crippen LogP contribution is 2.30. The smallest absolute Gasteiger partial charge is 0.143 e. The first kappa shape index (κ1) is 13.7. The lowest BCUT2D eigenvalue weighted by Crippen LogP contribution is -2.35. The third kappa shape index (κ3) is 3.86. The Balaban J connectivity index is 2.77. The van der Waals surface area contributed by atoms with E-state index in [0.29, 0.717) is 6.54 Å². The van der Waals surface area contributed by atoms with Gasteiger partial charge in [-0.2, -0.15) is 0 Å². The van der Waals surface area contributed by atoms with E-state index < -0.39 is 0 Å². The predicted octanol–water partition coefficient (Wildman–Crippen LogP) is 2.15. The summed E-state index contributed by atoms with van der Waals surface area (Å²) >= 11 is 0. The van der Waals surface area contributed by atoms with E-state index in [1.165, 1.54) is 0 Å². The molecule has 0 aliphatic heterocycles. The van der Waals surface area contributed by atoms with Crippen molar-refractivity contribution >= 4 is 5.78 Å². The molecule has 0 aliphatic rings. The molecule has 17 heavy (non-hydrogen) atoms. The van der Waals surface area contributed by atoms with Crippen LogP contribution in [0.5, 0.6) is 5.75 Å². The monoisotopic (exact) mass is 235 g/mol. The summed E-state index contributed by atoms with van der Waals surface area (Å²) in [7, 11) is 1.68. The van der Waals surface area contributed by atoms with Gasteiger partial charge in [0.2, 0.25) is 0 Å². The van der Waals surface area contributed by atoms with Crippen molar-refractivity contribution in [3.8, 4) is 5.75 Å². The van der Waals surface area contributed by atoms with E-state index in [1.54, 1.807) is 14.0 Å². The van der Waals surface area contributed by atoms with Gasteiger partial charge in [-0.3, -0.25) is 4.79 Å². The molecule has 0 spiro atoms. The second-order valence-electron chi connectivity index (χ2n) is 4.89. The molecule has 0 fully saturated rings. The first-order valence-electron chi connectivity index (χ1n) is 5.81. The van der Waals surface area contributed by atoms with Crippen molar-refractivity contribution in [1.29, 1.82) is 0 Å². The van der Waals surface area contributed by atoms with Crippen molar-refractivity contribution in [3.05, 3.63) is 29.8 Å². The molecule has 1 rings (SSSR count). The molecule has 0 heterocycles. The van der Waals surface area contributed by atoms with Crippen LogP contribution in [0.2, 0.25) is 0 Å². The molecule has 0 unspecified atom stereocenters. The normalized spacial score (nSPS) is 11.3. The van der Waals surface area contributed by atoms with E-state index in [0.717, 1.165) is 17.9 Å². The number of Topliss-reactive ketones (excluding diaryl/α,β-unsaturated/α-hetero) is 1. The van der Waals surface area contributed by atoms with Gasteiger partial charge in [0.05, 0.1) is 13.7 Å². The summed E-state index contributed by atoms with van der Waals surface area (Å²) in [5, 5.41) is 3.17. The van der Waals surface area contributed by atoms with Gasteiger partial charge in [0.25, 0.3) is 0 Å². The maximum Gasteiger partial charge on any atom is 0.143 e. The molecule has 0 radical (unpaired) electrons. The summed E-state index contributed by atoms with van der Waals surface area (Å²) in [6.45, 7) is 7.02. The maximum absolute atomic E-state index is 10.9. The summed E-state index contributed by atoms with van der Waals surface area (Å²) in [5.41, 5.74) is 1.08. The number of carbonyl (C=O) groups is 1. The summed E-state index contributed by atoms with van der Waals surface area (Å²) in [4.78, 5) is 10.9. The van der Waals surface area contributed by atoms with Gasteiger partial charge in [-0.1, -0.05) is 32.0 Å². The SMILES string of the molecule is COc1ccccc1C(C)(C)CNCC(C)=O. The number of hydrogen-bond acceptors (Lipinski definition) is 3. The molecule has 94 valence electrons. The van der Waals surface area contributed by atoms with Crippen LogP contribution in [0, 0.1) is 0 Å². The summed E-state index contributed by atoms with van der Waals surface area (Å²) in [5.74, 6) is 1.04. The number of carbonyl (C=O) groups excluding carboxylic acids is 1. The van der Waals surface area contributed by atoms with E-state index >= 15 is 0 Å². The molecule has 1 N–H and O–H groups in total. The van der Waals surface area contributed by atoms with Crippen LogP contribution < -0.4 is 10.1 Å². The zero-order valence-electron chi connectivity index (χ0n) is 11.0. The standard InChI is InChI=1S/C14H21NO2/c1-11(16)9-15-10-14(2,3)12-7-5-6-8-13(12)17-4/h5-8,15H,9-10H2,1-4H3. The molecule has 0 atom stereocenters. The number of methoxy groups -OCH3 is 1. The lowest BCUT2D eigenvalue weighted by atomic mass is 9.84. The van der Waals surface area contributed by atoms with Crippen molar-refractivity contribution in [2.24, 2.45) is 0 Å². The fraction of sp³-hybridized carbons (Fsp3) is 0.500. The predicted molar refractivity (Wildman–Crippen MR) is 69.6 cm³/mol. The molecular weight excluding hydrogens is 214 g/mol. The van der Waals surface area contributed by atoms with Crippen molar-refractivity contribution in [1.82, 2.24) is 5.32 Å². The van der Waals surface area contributed by atoms with Gasteiger partial charge in [0, 0.05) is 17.5 Å². The minimum absolute atomic E-state index is 0.0674. The van der Waals surface area contributed by atoms with E-state index in [2.05, 4.69) is 25.2 Å². The number of rotatable bonds is 6. The van der Waals surface area contributed by atoms with Crippen molar-refractivity contribution in [3.63, 3.8) is 0 Å². The van der Waals surface area contributed by atoms with Crippen LogP contribution in [0.4, 0.5) is 0 Å². The zero-order valence-corrected chi connectivity index (χ0v) is 11.0. The molecule has 0 amide bonds. The van der Waals surface area contributed by atoms with Crippen molar-refractivity contribution < 1.29 is 9.53 Å². The minimum atomic E-state index is -0.0674. The third-order valence-corrected chi connectivity index (χ3v) is 2.78. The molecule has 3 heteroatoms. The molecule has 0 bridgehead atoms. The first-order valence-corrected chi connectivity index (χ1v) is 5.81. The summed E-state index contributed by atoms with van der Waals surface area (Å²) < 4.78 is 5.36. The van der Waals surface area contributed by atoms with Crippen LogP contribution in [-0.2, 0) is 10.2 Å². The van der Waals surface area contributed by atoms with E-state index in [-0.39, 0.29) is 11.2 Å². The Hall–Kier alpha value is -1.35. The largest absolute Gasteiger partial charge is 0.496 e. The highest BCUT2D eigenvalue weighted by molar-refractivity contribution is 5.77.